The summed E-state index contributed by atoms with van der Waals surface area (Å²) in [6, 6.07) is -0.813. The van der Waals surface area contributed by atoms with E-state index in [9.17, 15) is 9.90 Å². The van der Waals surface area contributed by atoms with E-state index in [1.807, 2.05) is 5.43 Å². The maximum absolute atomic E-state index is 10.4. The van der Waals surface area contributed by atoms with Crippen molar-refractivity contribution in [3.05, 3.63) is 23.0 Å². The Morgan fingerprint density at radius 2 is 2.44 bits per heavy atom. The van der Waals surface area contributed by atoms with Gasteiger partial charge in [-0.2, -0.15) is 5.10 Å². The predicted molar refractivity (Wildman–Crippen MR) is 56.9 cm³/mol. The molecule has 0 aliphatic rings. The lowest BCUT2D eigenvalue weighted by Crippen LogP contribution is -2.24. The summed E-state index contributed by atoms with van der Waals surface area (Å²) >= 11 is 0. The van der Waals surface area contributed by atoms with Crippen LogP contribution in [0.1, 0.15) is 16.8 Å². The first-order valence-corrected chi connectivity index (χ1v) is 4.43. The number of aromatic nitrogens is 1. The Morgan fingerprint density at radius 3 is 3.00 bits per heavy atom. The van der Waals surface area contributed by atoms with Gasteiger partial charge in [-0.1, -0.05) is 0 Å². The SMILES string of the molecule is Cc1ncc(CO)c(/C=N/NC(N)=O)c1O. The minimum atomic E-state index is -0.813. The van der Waals surface area contributed by atoms with Gasteiger partial charge in [-0.25, -0.2) is 10.2 Å². The van der Waals surface area contributed by atoms with Crippen LogP contribution in [0.5, 0.6) is 5.75 Å². The number of aromatic hydroxyl groups is 1. The number of carbonyl (C=O) groups is 1. The lowest BCUT2D eigenvalue weighted by Gasteiger charge is -2.06. The van der Waals surface area contributed by atoms with Crippen molar-refractivity contribution in [1.29, 1.82) is 0 Å². The largest absolute Gasteiger partial charge is 0.505 e. The molecule has 7 nitrogen and oxygen atoms in total. The Labute approximate surface area is 91.6 Å². The lowest BCUT2D eigenvalue weighted by molar-refractivity contribution is 0.249. The van der Waals surface area contributed by atoms with E-state index in [2.05, 4.69) is 10.1 Å². The van der Waals surface area contributed by atoms with Gasteiger partial charge in [0, 0.05) is 17.3 Å². The Hall–Kier alpha value is -2.15. The molecule has 0 atom stereocenters. The summed E-state index contributed by atoms with van der Waals surface area (Å²) in [6.07, 6.45) is 2.61. The van der Waals surface area contributed by atoms with Crippen LogP contribution in [0.25, 0.3) is 0 Å². The molecule has 0 aliphatic heterocycles. The summed E-state index contributed by atoms with van der Waals surface area (Å²) in [4.78, 5) is 14.2. The van der Waals surface area contributed by atoms with E-state index in [1.54, 1.807) is 6.92 Å². The van der Waals surface area contributed by atoms with E-state index in [0.29, 0.717) is 16.8 Å². The molecule has 0 saturated heterocycles. The Morgan fingerprint density at radius 1 is 1.75 bits per heavy atom. The maximum Gasteiger partial charge on any atom is 0.332 e. The molecule has 0 aliphatic carbocycles. The third kappa shape index (κ3) is 2.67. The lowest BCUT2D eigenvalue weighted by atomic mass is 10.1. The predicted octanol–water partition coefficient (Wildman–Crippen LogP) is -0.410. The van der Waals surface area contributed by atoms with Crippen LogP contribution < -0.4 is 11.2 Å². The smallest absolute Gasteiger partial charge is 0.332 e. The van der Waals surface area contributed by atoms with Gasteiger partial charge in [-0.05, 0) is 6.92 Å². The van der Waals surface area contributed by atoms with Crippen LogP contribution in [-0.2, 0) is 6.61 Å². The van der Waals surface area contributed by atoms with Crippen LogP contribution in [0.3, 0.4) is 0 Å². The molecule has 5 N–H and O–H groups in total. The van der Waals surface area contributed by atoms with Gasteiger partial charge in [0.2, 0.25) is 0 Å². The molecule has 0 radical (unpaired) electrons. The van der Waals surface area contributed by atoms with Gasteiger partial charge in [0.25, 0.3) is 0 Å². The van der Waals surface area contributed by atoms with Gasteiger partial charge in [-0.3, -0.25) is 4.98 Å². The quantitative estimate of drug-likeness (QED) is 0.412. The molecule has 1 rings (SSSR count). The molecule has 0 aromatic carbocycles. The molecule has 16 heavy (non-hydrogen) atoms. The zero-order valence-electron chi connectivity index (χ0n) is 8.64. The topological polar surface area (TPSA) is 121 Å². The molecule has 0 spiro atoms. The van der Waals surface area contributed by atoms with Crippen molar-refractivity contribution in [2.45, 2.75) is 13.5 Å². The van der Waals surface area contributed by atoms with E-state index in [1.165, 1.54) is 12.4 Å². The number of aliphatic hydroxyl groups excluding tert-OH is 1. The first-order chi connectivity index (χ1) is 7.56. The number of carbonyl (C=O) groups excluding carboxylic acids is 1. The summed E-state index contributed by atoms with van der Waals surface area (Å²) in [7, 11) is 0. The summed E-state index contributed by atoms with van der Waals surface area (Å²) in [5.74, 6) is -0.0958. The van der Waals surface area contributed by atoms with E-state index >= 15 is 0 Å². The molecule has 7 heteroatoms. The maximum atomic E-state index is 10.4. The molecule has 1 aromatic rings. The second kappa shape index (κ2) is 5.08. The average molecular weight is 224 g/mol. The second-order valence-electron chi connectivity index (χ2n) is 3.02. The first kappa shape index (κ1) is 11.9. The average Bonchev–Trinajstić information content (AvgIpc) is 2.24. The number of hydrogen-bond acceptors (Lipinski definition) is 5. The van der Waals surface area contributed by atoms with Gasteiger partial charge >= 0.3 is 6.03 Å². The number of nitrogens with two attached hydrogens (primary N) is 1. The minimum absolute atomic E-state index is 0.0958. The van der Waals surface area contributed by atoms with Crippen molar-refractivity contribution in [2.24, 2.45) is 10.8 Å². The highest BCUT2D eigenvalue weighted by Gasteiger charge is 2.09. The molecule has 2 amide bonds. The number of amides is 2. The van der Waals surface area contributed by atoms with Crippen LogP contribution in [-0.4, -0.2) is 27.4 Å². The van der Waals surface area contributed by atoms with Crippen LogP contribution in [0.2, 0.25) is 0 Å². The Bertz CT molecular complexity index is 431. The van der Waals surface area contributed by atoms with Crippen LogP contribution >= 0.6 is 0 Å². The fraction of sp³-hybridized carbons (Fsp3) is 0.222. The first-order valence-electron chi connectivity index (χ1n) is 4.43. The van der Waals surface area contributed by atoms with Gasteiger partial charge in [0.05, 0.1) is 18.5 Å². The van der Waals surface area contributed by atoms with Crippen molar-refractivity contribution >= 4 is 12.2 Å². The third-order valence-corrected chi connectivity index (χ3v) is 1.90. The number of nitrogens with one attached hydrogen (secondary N) is 1. The molecule has 0 unspecified atom stereocenters. The van der Waals surface area contributed by atoms with Gasteiger partial charge < -0.3 is 15.9 Å². The molecule has 1 heterocycles. The van der Waals surface area contributed by atoms with E-state index in [-0.39, 0.29) is 12.4 Å². The summed E-state index contributed by atoms with van der Waals surface area (Å²) in [5, 5.41) is 22.2. The van der Waals surface area contributed by atoms with Crippen molar-refractivity contribution < 1.29 is 15.0 Å². The molecule has 0 bridgehead atoms. The highest BCUT2D eigenvalue weighted by Crippen LogP contribution is 2.21. The van der Waals surface area contributed by atoms with Crippen molar-refractivity contribution in [1.82, 2.24) is 10.4 Å². The zero-order valence-corrected chi connectivity index (χ0v) is 8.64. The van der Waals surface area contributed by atoms with Crippen LogP contribution in [0.4, 0.5) is 4.79 Å². The molecule has 0 saturated carbocycles. The fourth-order valence-electron chi connectivity index (χ4n) is 1.08. The summed E-state index contributed by atoms with van der Waals surface area (Å²) < 4.78 is 0. The van der Waals surface area contributed by atoms with Gasteiger partial charge in [0.1, 0.15) is 5.75 Å². The number of primary amides is 1. The van der Waals surface area contributed by atoms with Crippen LogP contribution in [0.15, 0.2) is 11.3 Å². The van der Waals surface area contributed by atoms with Gasteiger partial charge in [-0.15, -0.1) is 0 Å². The third-order valence-electron chi connectivity index (χ3n) is 1.90. The standard InChI is InChI=1S/C9H12N4O3/c1-5-8(15)7(3-12-13-9(10)16)6(4-14)2-11-5/h2-3,14-15H,4H2,1H3,(H3,10,13,16)/b12-3+. The van der Waals surface area contributed by atoms with E-state index in [0.717, 1.165) is 0 Å². The van der Waals surface area contributed by atoms with Crippen molar-refractivity contribution in [3.63, 3.8) is 0 Å². The van der Waals surface area contributed by atoms with E-state index < -0.39 is 6.03 Å². The van der Waals surface area contributed by atoms with E-state index in [4.69, 9.17) is 10.8 Å². The number of rotatable bonds is 3. The number of nitrogens with zero attached hydrogens (tertiary/aromatic N) is 2. The number of pyridine rings is 1. The number of urea groups is 1. The molecule has 0 fully saturated rings. The fourth-order valence-corrected chi connectivity index (χ4v) is 1.08. The Balaban J connectivity index is 3.05. The number of aryl methyl sites for hydroxylation is 1. The number of hydrazone groups is 1. The highest BCUT2D eigenvalue weighted by atomic mass is 16.3. The summed E-state index contributed by atoms with van der Waals surface area (Å²) in [5.41, 5.74) is 7.89. The van der Waals surface area contributed by atoms with Crippen molar-refractivity contribution in [2.75, 3.05) is 0 Å². The number of hydrogen-bond donors (Lipinski definition) is 4. The van der Waals surface area contributed by atoms with Crippen LogP contribution in [0, 0.1) is 6.92 Å². The summed E-state index contributed by atoms with van der Waals surface area (Å²) in [6.45, 7) is 1.31. The molecule has 86 valence electrons. The Kier molecular flexibility index (Phi) is 3.78. The molecule has 1 aromatic heterocycles. The zero-order chi connectivity index (χ0) is 12.1. The monoisotopic (exact) mass is 224 g/mol. The second-order valence-corrected chi connectivity index (χ2v) is 3.02. The van der Waals surface area contributed by atoms with Crippen molar-refractivity contribution in [3.8, 4) is 5.75 Å². The molecular formula is C9H12N4O3. The van der Waals surface area contributed by atoms with Gasteiger partial charge in [0.15, 0.2) is 0 Å². The highest BCUT2D eigenvalue weighted by molar-refractivity contribution is 5.86. The molecular weight excluding hydrogens is 212 g/mol. The minimum Gasteiger partial charge on any atom is -0.505 e. The normalized spacial score (nSPS) is 10.6. The number of aliphatic hydroxyl groups is 1.